The van der Waals surface area contributed by atoms with Crippen LogP contribution in [0.2, 0.25) is 0 Å². The summed E-state index contributed by atoms with van der Waals surface area (Å²) in [7, 11) is 1.90. The Bertz CT molecular complexity index is 453. The average molecular weight is 264 g/mol. The van der Waals surface area contributed by atoms with Crippen LogP contribution in [-0.2, 0) is 16.6 Å². The van der Waals surface area contributed by atoms with Gasteiger partial charge in [0.25, 0.3) is 5.91 Å². The molecule has 2 fully saturated rings. The van der Waals surface area contributed by atoms with Crippen LogP contribution in [0.25, 0.3) is 0 Å². The van der Waals surface area contributed by atoms with Crippen molar-refractivity contribution in [3.05, 3.63) is 18.0 Å². The fraction of sp³-hybridized carbons (Fsp3) is 0.692. The summed E-state index contributed by atoms with van der Waals surface area (Å²) in [6, 6.07) is 0.159. The molecule has 0 radical (unpaired) electrons. The molecule has 2 unspecified atom stereocenters. The van der Waals surface area contributed by atoms with Crippen LogP contribution in [0, 0.1) is 0 Å². The number of hydrogen-bond acceptors (Lipinski definition) is 4. The zero-order valence-corrected chi connectivity index (χ0v) is 11.2. The van der Waals surface area contributed by atoms with E-state index in [0.717, 1.165) is 31.5 Å². The molecule has 2 atom stereocenters. The molecule has 1 N–H and O–H groups in total. The monoisotopic (exact) mass is 264 g/mol. The molecule has 3 rings (SSSR count). The van der Waals surface area contributed by atoms with E-state index < -0.39 is 0 Å². The summed E-state index contributed by atoms with van der Waals surface area (Å²) in [4.78, 5) is 14.5. The number of aryl methyl sites for hydroxylation is 1. The van der Waals surface area contributed by atoms with Gasteiger partial charge in [-0.2, -0.15) is 5.10 Å². The molecule has 1 amide bonds. The van der Waals surface area contributed by atoms with Gasteiger partial charge in [-0.1, -0.05) is 0 Å². The van der Waals surface area contributed by atoms with Gasteiger partial charge in [-0.3, -0.25) is 9.48 Å². The van der Waals surface area contributed by atoms with Gasteiger partial charge in [0.1, 0.15) is 6.10 Å². The second-order valence-corrected chi connectivity index (χ2v) is 5.20. The van der Waals surface area contributed by atoms with Crippen molar-refractivity contribution in [3.8, 4) is 0 Å². The number of carbonyl (C=O) groups is 1. The molecule has 6 heteroatoms. The summed E-state index contributed by atoms with van der Waals surface area (Å²) in [5.41, 5.74) is 1.12. The first kappa shape index (κ1) is 12.6. The Morgan fingerprint density at radius 3 is 3.16 bits per heavy atom. The number of likely N-dealkylation sites (tertiary alicyclic amines) is 1. The third kappa shape index (κ3) is 2.50. The van der Waals surface area contributed by atoms with E-state index in [2.05, 4.69) is 10.4 Å². The third-order valence-electron chi connectivity index (χ3n) is 3.85. The van der Waals surface area contributed by atoms with Crippen LogP contribution >= 0.6 is 0 Å². The van der Waals surface area contributed by atoms with Crippen LogP contribution in [0.15, 0.2) is 12.4 Å². The van der Waals surface area contributed by atoms with Gasteiger partial charge < -0.3 is 15.0 Å². The first-order valence-corrected chi connectivity index (χ1v) is 6.87. The largest absolute Gasteiger partial charge is 0.366 e. The average Bonchev–Trinajstić information content (AvgIpc) is 3.07. The lowest BCUT2D eigenvalue weighted by atomic mass is 10.1. The summed E-state index contributed by atoms with van der Waals surface area (Å²) in [5.74, 6) is 0.110. The predicted octanol–water partition coefficient (Wildman–Crippen LogP) is 0.0720. The highest BCUT2D eigenvalue weighted by molar-refractivity contribution is 5.82. The highest BCUT2D eigenvalue weighted by atomic mass is 16.5. The van der Waals surface area contributed by atoms with Crippen molar-refractivity contribution in [2.45, 2.75) is 25.0 Å². The molecule has 104 valence electrons. The molecule has 3 heterocycles. The van der Waals surface area contributed by atoms with Crippen molar-refractivity contribution in [1.82, 2.24) is 20.0 Å². The molecule has 0 aliphatic carbocycles. The maximum Gasteiger partial charge on any atom is 0.253 e. The molecular formula is C13H20N4O2. The molecule has 2 saturated heterocycles. The number of ether oxygens (including phenoxy) is 1. The van der Waals surface area contributed by atoms with E-state index in [1.807, 2.05) is 24.3 Å². The fourth-order valence-corrected chi connectivity index (χ4v) is 2.90. The van der Waals surface area contributed by atoms with Gasteiger partial charge in [0, 0.05) is 38.4 Å². The van der Waals surface area contributed by atoms with E-state index in [0.29, 0.717) is 13.2 Å². The van der Waals surface area contributed by atoms with E-state index in [4.69, 9.17) is 4.74 Å². The Labute approximate surface area is 112 Å². The van der Waals surface area contributed by atoms with Crippen molar-refractivity contribution in [2.24, 2.45) is 7.05 Å². The quantitative estimate of drug-likeness (QED) is 0.821. The number of hydrogen-bond donors (Lipinski definition) is 1. The SMILES string of the molecule is Cn1cc(C2CCCN2C(=O)C2CNCCO2)cn1. The smallest absolute Gasteiger partial charge is 0.253 e. The summed E-state index contributed by atoms with van der Waals surface area (Å²) in [6.45, 7) is 2.88. The Morgan fingerprint density at radius 1 is 1.58 bits per heavy atom. The first-order valence-electron chi connectivity index (χ1n) is 6.87. The minimum atomic E-state index is -0.328. The maximum atomic E-state index is 12.5. The highest BCUT2D eigenvalue weighted by Crippen LogP contribution is 2.32. The molecule has 19 heavy (non-hydrogen) atoms. The second kappa shape index (κ2) is 5.30. The second-order valence-electron chi connectivity index (χ2n) is 5.20. The molecule has 6 nitrogen and oxygen atoms in total. The lowest BCUT2D eigenvalue weighted by Gasteiger charge is -2.30. The van der Waals surface area contributed by atoms with E-state index in [1.54, 1.807) is 4.68 Å². The number of nitrogens with one attached hydrogen (secondary N) is 1. The summed E-state index contributed by atoms with van der Waals surface area (Å²) in [6.07, 6.45) is 5.58. The standard InChI is InChI=1S/C13H20N4O2/c1-16-9-10(7-15-16)11-3-2-5-17(11)13(18)12-8-14-4-6-19-12/h7,9,11-12,14H,2-6,8H2,1H3. The summed E-state index contributed by atoms with van der Waals surface area (Å²) in [5, 5.41) is 7.41. The van der Waals surface area contributed by atoms with Crippen molar-refractivity contribution >= 4 is 5.91 Å². The molecule has 2 aliphatic rings. The van der Waals surface area contributed by atoms with Crippen LogP contribution in [0.4, 0.5) is 0 Å². The number of nitrogens with zero attached hydrogens (tertiary/aromatic N) is 3. The van der Waals surface area contributed by atoms with Gasteiger partial charge in [0.2, 0.25) is 0 Å². The highest BCUT2D eigenvalue weighted by Gasteiger charge is 2.35. The number of amides is 1. The molecule has 0 bridgehead atoms. The maximum absolute atomic E-state index is 12.5. The Hall–Kier alpha value is -1.40. The molecule has 0 spiro atoms. The van der Waals surface area contributed by atoms with Crippen LogP contribution < -0.4 is 5.32 Å². The topological polar surface area (TPSA) is 59.4 Å². The van der Waals surface area contributed by atoms with Crippen molar-refractivity contribution in [2.75, 3.05) is 26.2 Å². The van der Waals surface area contributed by atoms with Crippen LogP contribution in [-0.4, -0.2) is 52.9 Å². The molecule has 2 aliphatic heterocycles. The minimum absolute atomic E-state index is 0.110. The minimum Gasteiger partial charge on any atom is -0.366 e. The van der Waals surface area contributed by atoms with Crippen molar-refractivity contribution < 1.29 is 9.53 Å². The number of rotatable bonds is 2. The molecule has 1 aromatic rings. The van der Waals surface area contributed by atoms with Gasteiger partial charge in [0.05, 0.1) is 18.8 Å². The van der Waals surface area contributed by atoms with Gasteiger partial charge in [-0.25, -0.2) is 0 Å². The first-order chi connectivity index (χ1) is 9.25. The lowest BCUT2D eigenvalue weighted by Crippen LogP contribution is -2.49. The Kier molecular flexibility index (Phi) is 3.52. The van der Waals surface area contributed by atoms with E-state index in [-0.39, 0.29) is 18.1 Å². The van der Waals surface area contributed by atoms with Crippen LogP contribution in [0.1, 0.15) is 24.4 Å². The zero-order chi connectivity index (χ0) is 13.2. The van der Waals surface area contributed by atoms with Crippen molar-refractivity contribution in [3.63, 3.8) is 0 Å². The Morgan fingerprint density at radius 2 is 2.47 bits per heavy atom. The molecular weight excluding hydrogens is 244 g/mol. The van der Waals surface area contributed by atoms with Gasteiger partial charge in [-0.15, -0.1) is 0 Å². The summed E-state index contributed by atoms with van der Waals surface area (Å²) >= 11 is 0. The van der Waals surface area contributed by atoms with E-state index >= 15 is 0 Å². The van der Waals surface area contributed by atoms with E-state index in [1.165, 1.54) is 0 Å². The lowest BCUT2D eigenvalue weighted by molar-refractivity contribution is -0.146. The summed E-state index contributed by atoms with van der Waals surface area (Å²) < 4.78 is 7.35. The Balaban J connectivity index is 1.73. The van der Waals surface area contributed by atoms with Gasteiger partial charge in [0.15, 0.2) is 0 Å². The fourth-order valence-electron chi connectivity index (χ4n) is 2.90. The van der Waals surface area contributed by atoms with Crippen LogP contribution in [0.3, 0.4) is 0 Å². The van der Waals surface area contributed by atoms with E-state index in [9.17, 15) is 4.79 Å². The predicted molar refractivity (Wildman–Crippen MR) is 69.5 cm³/mol. The van der Waals surface area contributed by atoms with Crippen LogP contribution in [0.5, 0.6) is 0 Å². The molecule has 0 saturated carbocycles. The molecule has 0 aromatic carbocycles. The van der Waals surface area contributed by atoms with Crippen molar-refractivity contribution in [1.29, 1.82) is 0 Å². The number of carbonyl (C=O) groups excluding carboxylic acids is 1. The number of morpholine rings is 1. The third-order valence-corrected chi connectivity index (χ3v) is 3.85. The normalized spacial score (nSPS) is 27.7. The van der Waals surface area contributed by atoms with Gasteiger partial charge in [-0.05, 0) is 12.8 Å². The van der Waals surface area contributed by atoms with Gasteiger partial charge >= 0.3 is 0 Å². The molecule has 1 aromatic heterocycles. The number of aromatic nitrogens is 2. The zero-order valence-electron chi connectivity index (χ0n) is 11.2.